The molecule has 1 N–H and O–H groups in total. The molecule has 1 unspecified atom stereocenters. The van der Waals surface area contributed by atoms with Gasteiger partial charge in [-0.25, -0.2) is 0 Å². The first kappa shape index (κ1) is 19.9. The van der Waals surface area contributed by atoms with Crippen molar-refractivity contribution in [3.05, 3.63) is 57.9 Å². The summed E-state index contributed by atoms with van der Waals surface area (Å²) in [7, 11) is 0. The van der Waals surface area contributed by atoms with E-state index in [2.05, 4.69) is 41.6 Å². The number of hydrogen-bond acceptors (Lipinski definition) is 5. The Morgan fingerprint density at radius 1 is 1.38 bits per heavy atom. The predicted octanol–water partition coefficient (Wildman–Crippen LogP) is 1.95. The van der Waals surface area contributed by atoms with Gasteiger partial charge in [0, 0.05) is 19.6 Å². The second-order valence-electron chi connectivity index (χ2n) is 6.06. The molecule has 8 nitrogen and oxygen atoms in total. The average Bonchev–Trinajstić information content (AvgIpc) is 3.10. The summed E-state index contributed by atoms with van der Waals surface area (Å²) in [5.74, 6) is -0.0935. The van der Waals surface area contributed by atoms with Crippen molar-refractivity contribution in [1.82, 2.24) is 20.0 Å². The molecule has 0 bridgehead atoms. The molecule has 0 saturated carbocycles. The van der Waals surface area contributed by atoms with Crippen LogP contribution in [0.2, 0.25) is 0 Å². The molecule has 1 amide bonds. The topological polar surface area (TPSA) is 93.3 Å². The fourth-order valence-electron chi connectivity index (χ4n) is 3.04. The number of rotatable bonds is 5. The van der Waals surface area contributed by atoms with E-state index in [1.807, 2.05) is 4.90 Å². The second-order valence-corrected chi connectivity index (χ2v) is 6.06. The van der Waals surface area contributed by atoms with Crippen LogP contribution in [0.25, 0.3) is 0 Å². The van der Waals surface area contributed by atoms with Crippen LogP contribution in [0.5, 0.6) is 0 Å². The summed E-state index contributed by atoms with van der Waals surface area (Å²) >= 11 is 0. The van der Waals surface area contributed by atoms with Gasteiger partial charge < -0.3 is 10.2 Å². The summed E-state index contributed by atoms with van der Waals surface area (Å²) < 4.78 is 1.32. The van der Waals surface area contributed by atoms with Gasteiger partial charge in [-0.3, -0.25) is 19.6 Å². The van der Waals surface area contributed by atoms with Crippen LogP contribution in [-0.4, -0.2) is 45.1 Å². The SMILES string of the molecule is CCc1ccc(C2CNCCN2C(=O)Cn2cc([N+](=O)[O-])cn2)cc1.Cl. The zero-order valence-electron chi connectivity index (χ0n) is 14.5. The van der Waals surface area contributed by atoms with E-state index in [-0.39, 0.29) is 36.6 Å². The number of halogens is 1. The molecule has 3 rings (SSSR count). The molecule has 2 heterocycles. The molecule has 1 aromatic heterocycles. The Kier molecular flexibility index (Phi) is 6.70. The number of nitro groups is 1. The van der Waals surface area contributed by atoms with Crippen LogP contribution in [0.1, 0.15) is 24.1 Å². The highest BCUT2D eigenvalue weighted by molar-refractivity contribution is 5.85. The standard InChI is InChI=1S/C17H21N5O3.ClH/c1-2-13-3-5-14(6-4-13)16-10-18-7-8-21(16)17(23)12-20-11-15(9-19-20)22(24)25;/h3-6,9,11,16,18H,2,7-8,10,12H2,1H3;1H. The number of benzene rings is 1. The van der Waals surface area contributed by atoms with E-state index in [4.69, 9.17) is 0 Å². The van der Waals surface area contributed by atoms with Crippen LogP contribution in [-0.2, 0) is 17.8 Å². The number of carbonyl (C=O) groups excluding carboxylic acids is 1. The number of nitrogens with zero attached hydrogens (tertiary/aromatic N) is 4. The Morgan fingerprint density at radius 3 is 2.73 bits per heavy atom. The number of piperazine rings is 1. The van der Waals surface area contributed by atoms with Gasteiger partial charge in [-0.2, -0.15) is 5.10 Å². The highest BCUT2D eigenvalue weighted by Crippen LogP contribution is 2.23. The largest absolute Gasteiger partial charge is 0.331 e. The Hall–Kier alpha value is -2.45. The van der Waals surface area contributed by atoms with Crippen molar-refractivity contribution in [3.8, 4) is 0 Å². The molecule has 1 saturated heterocycles. The van der Waals surface area contributed by atoms with Crippen molar-refractivity contribution < 1.29 is 9.72 Å². The molecule has 0 aliphatic carbocycles. The molecular weight excluding hydrogens is 358 g/mol. The summed E-state index contributed by atoms with van der Waals surface area (Å²) in [4.78, 5) is 24.8. The van der Waals surface area contributed by atoms with E-state index < -0.39 is 4.92 Å². The maximum atomic E-state index is 12.7. The fraction of sp³-hybridized carbons (Fsp3) is 0.412. The van der Waals surface area contributed by atoms with E-state index >= 15 is 0 Å². The Bertz CT molecular complexity index is 762. The van der Waals surface area contributed by atoms with Gasteiger partial charge in [0.25, 0.3) is 0 Å². The Labute approximate surface area is 157 Å². The molecular formula is C17H22ClN5O3. The maximum absolute atomic E-state index is 12.7. The predicted molar refractivity (Wildman–Crippen MR) is 99.3 cm³/mol. The molecule has 140 valence electrons. The van der Waals surface area contributed by atoms with Gasteiger partial charge in [0.2, 0.25) is 5.91 Å². The molecule has 26 heavy (non-hydrogen) atoms. The number of aryl methyl sites for hydroxylation is 1. The van der Waals surface area contributed by atoms with Gasteiger partial charge >= 0.3 is 5.69 Å². The quantitative estimate of drug-likeness (QED) is 0.633. The third kappa shape index (κ3) is 4.39. The molecule has 1 aliphatic heterocycles. The van der Waals surface area contributed by atoms with Gasteiger partial charge in [-0.15, -0.1) is 12.4 Å². The third-order valence-electron chi connectivity index (χ3n) is 4.46. The minimum Gasteiger partial charge on any atom is -0.331 e. The lowest BCUT2D eigenvalue weighted by Crippen LogP contribution is -2.49. The van der Waals surface area contributed by atoms with Gasteiger partial charge in [0.05, 0.1) is 11.0 Å². The van der Waals surface area contributed by atoms with Crippen molar-refractivity contribution in [1.29, 1.82) is 0 Å². The van der Waals surface area contributed by atoms with E-state index in [9.17, 15) is 14.9 Å². The molecule has 1 aliphatic rings. The van der Waals surface area contributed by atoms with Crippen LogP contribution in [0, 0.1) is 10.1 Å². The van der Waals surface area contributed by atoms with Crippen LogP contribution in [0.3, 0.4) is 0 Å². The smallest absolute Gasteiger partial charge is 0.307 e. The number of nitrogens with one attached hydrogen (secondary N) is 1. The minimum atomic E-state index is -0.517. The first-order chi connectivity index (χ1) is 12.1. The van der Waals surface area contributed by atoms with E-state index in [1.54, 1.807) is 0 Å². The van der Waals surface area contributed by atoms with Crippen molar-refractivity contribution >= 4 is 24.0 Å². The van der Waals surface area contributed by atoms with Crippen molar-refractivity contribution in [2.45, 2.75) is 25.9 Å². The summed E-state index contributed by atoms with van der Waals surface area (Å²) in [6.07, 6.45) is 3.42. The highest BCUT2D eigenvalue weighted by Gasteiger charge is 2.28. The van der Waals surface area contributed by atoms with Crippen molar-refractivity contribution in [2.75, 3.05) is 19.6 Å². The second kappa shape index (κ2) is 8.77. The zero-order valence-corrected chi connectivity index (χ0v) is 15.3. The van der Waals surface area contributed by atoms with Gasteiger partial charge in [0.1, 0.15) is 18.9 Å². The third-order valence-corrected chi connectivity index (χ3v) is 4.46. The van der Waals surface area contributed by atoms with Gasteiger partial charge in [-0.1, -0.05) is 31.2 Å². The highest BCUT2D eigenvalue weighted by atomic mass is 35.5. The molecule has 9 heteroatoms. The number of aromatic nitrogens is 2. The van der Waals surface area contributed by atoms with E-state index in [1.165, 1.54) is 16.4 Å². The zero-order chi connectivity index (χ0) is 17.8. The number of amides is 1. The van der Waals surface area contributed by atoms with E-state index in [0.717, 1.165) is 24.7 Å². The Balaban J connectivity index is 0.00000243. The summed E-state index contributed by atoms with van der Waals surface area (Å²) in [5, 5.41) is 18.0. The van der Waals surface area contributed by atoms with Gasteiger partial charge in [0.15, 0.2) is 0 Å². The monoisotopic (exact) mass is 379 g/mol. The molecule has 0 spiro atoms. The van der Waals surface area contributed by atoms with Crippen LogP contribution < -0.4 is 5.32 Å². The molecule has 1 atom stereocenters. The first-order valence-corrected chi connectivity index (χ1v) is 8.34. The van der Waals surface area contributed by atoms with Crippen molar-refractivity contribution in [3.63, 3.8) is 0 Å². The van der Waals surface area contributed by atoms with Gasteiger partial charge in [-0.05, 0) is 17.5 Å². The summed E-state index contributed by atoms with van der Waals surface area (Å²) in [5.41, 5.74) is 2.23. The molecule has 0 radical (unpaired) electrons. The lowest BCUT2D eigenvalue weighted by Gasteiger charge is -2.36. The normalized spacial score (nSPS) is 16.8. The van der Waals surface area contributed by atoms with Crippen molar-refractivity contribution in [2.24, 2.45) is 0 Å². The number of carbonyl (C=O) groups is 1. The van der Waals surface area contributed by atoms with E-state index in [0.29, 0.717) is 13.1 Å². The maximum Gasteiger partial charge on any atom is 0.307 e. The van der Waals surface area contributed by atoms with Crippen LogP contribution in [0.15, 0.2) is 36.7 Å². The Morgan fingerprint density at radius 2 is 2.12 bits per heavy atom. The first-order valence-electron chi connectivity index (χ1n) is 8.34. The number of hydrogen-bond donors (Lipinski definition) is 1. The fourth-order valence-corrected chi connectivity index (χ4v) is 3.04. The van der Waals surface area contributed by atoms with Crippen LogP contribution >= 0.6 is 12.4 Å². The molecule has 2 aromatic rings. The van der Waals surface area contributed by atoms with Crippen LogP contribution in [0.4, 0.5) is 5.69 Å². The molecule has 1 fully saturated rings. The average molecular weight is 380 g/mol. The summed E-state index contributed by atoms with van der Waals surface area (Å²) in [6, 6.07) is 8.26. The molecule has 1 aromatic carbocycles. The lowest BCUT2D eigenvalue weighted by atomic mass is 10.0. The lowest BCUT2D eigenvalue weighted by molar-refractivity contribution is -0.385. The minimum absolute atomic E-state index is 0. The summed E-state index contributed by atoms with van der Waals surface area (Å²) in [6.45, 7) is 4.13.